The molecule has 0 aliphatic heterocycles. The maximum atomic E-state index is 4.72. The van der Waals surface area contributed by atoms with Gasteiger partial charge in [0, 0.05) is 62.0 Å². The average Bonchev–Trinajstić information content (AvgIpc) is 3.27. The van der Waals surface area contributed by atoms with Crippen molar-refractivity contribution in [1.29, 1.82) is 0 Å². The molecule has 4 aromatic rings. The Balaban J connectivity index is 1.57. The third kappa shape index (κ3) is 4.12. The summed E-state index contributed by atoms with van der Waals surface area (Å²) < 4.78 is 3.74. The van der Waals surface area contributed by atoms with Gasteiger partial charge in [0.05, 0.1) is 12.4 Å². The summed E-state index contributed by atoms with van der Waals surface area (Å²) in [4.78, 5) is 7.15. The molecule has 0 amide bonds. The van der Waals surface area contributed by atoms with Crippen molar-refractivity contribution in [2.45, 2.75) is 26.9 Å². The summed E-state index contributed by atoms with van der Waals surface area (Å²) in [7, 11) is 1.95. The Hall–Kier alpha value is -2.99. The lowest BCUT2D eigenvalue weighted by molar-refractivity contribution is 0.227. The first-order valence-corrected chi connectivity index (χ1v) is 9.66. The summed E-state index contributed by atoms with van der Waals surface area (Å²) in [5, 5.41) is 8.83. The molecule has 0 fully saturated rings. The number of aryl methyl sites for hydroxylation is 1. The predicted molar refractivity (Wildman–Crippen MR) is 111 cm³/mol. The number of aromatic nitrogens is 5. The number of nitrogens with zero attached hydrogens (tertiary/aromatic N) is 6. The molecule has 0 unspecified atom stereocenters. The maximum Gasteiger partial charge on any atom is 0.162 e. The van der Waals surface area contributed by atoms with Gasteiger partial charge in [0.1, 0.15) is 0 Å². The van der Waals surface area contributed by atoms with Crippen LogP contribution in [0.25, 0.3) is 16.8 Å². The van der Waals surface area contributed by atoms with Gasteiger partial charge in [-0.15, -0.1) is 0 Å². The molecule has 0 bridgehead atoms. The van der Waals surface area contributed by atoms with Crippen molar-refractivity contribution in [3.63, 3.8) is 0 Å². The van der Waals surface area contributed by atoms with Gasteiger partial charge in [0.2, 0.25) is 0 Å². The molecule has 28 heavy (non-hydrogen) atoms. The highest BCUT2D eigenvalue weighted by atomic mass is 15.3. The molecule has 144 valence electrons. The van der Waals surface area contributed by atoms with E-state index in [0.717, 1.165) is 42.0 Å². The van der Waals surface area contributed by atoms with Gasteiger partial charge in [-0.05, 0) is 11.5 Å². The lowest BCUT2D eigenvalue weighted by Crippen LogP contribution is -2.27. The quantitative estimate of drug-likeness (QED) is 0.494. The van der Waals surface area contributed by atoms with Gasteiger partial charge in [-0.3, -0.25) is 9.58 Å². The number of benzene rings is 1. The largest absolute Gasteiger partial charge is 0.294 e. The second-order valence-corrected chi connectivity index (χ2v) is 7.74. The zero-order chi connectivity index (χ0) is 19.5. The van der Waals surface area contributed by atoms with E-state index in [2.05, 4.69) is 53.5 Å². The average molecular weight is 374 g/mol. The SMILES string of the molecule is CC(C)CN(Cc1cnn(C)c1)Cc1cnc2c(-c3ccccc3)cnn2c1. The zero-order valence-corrected chi connectivity index (χ0v) is 16.7. The van der Waals surface area contributed by atoms with Crippen LogP contribution in [0.3, 0.4) is 0 Å². The maximum absolute atomic E-state index is 4.72. The number of fused-ring (bicyclic) bond motifs is 1. The smallest absolute Gasteiger partial charge is 0.162 e. The van der Waals surface area contributed by atoms with Crippen LogP contribution in [0.5, 0.6) is 0 Å². The molecule has 0 aliphatic carbocycles. The van der Waals surface area contributed by atoms with E-state index in [1.165, 1.54) is 5.56 Å². The molecule has 1 aromatic carbocycles. The van der Waals surface area contributed by atoms with Crippen LogP contribution in [0.2, 0.25) is 0 Å². The summed E-state index contributed by atoms with van der Waals surface area (Å²) in [5.74, 6) is 0.586. The lowest BCUT2D eigenvalue weighted by Gasteiger charge is -2.23. The van der Waals surface area contributed by atoms with E-state index in [9.17, 15) is 0 Å². The molecule has 3 aromatic heterocycles. The van der Waals surface area contributed by atoms with E-state index in [1.54, 1.807) is 0 Å². The van der Waals surface area contributed by atoms with E-state index in [0.29, 0.717) is 5.92 Å². The van der Waals surface area contributed by atoms with Gasteiger partial charge < -0.3 is 0 Å². The molecule has 0 atom stereocenters. The van der Waals surface area contributed by atoms with Gasteiger partial charge in [-0.25, -0.2) is 9.50 Å². The highest BCUT2D eigenvalue weighted by Crippen LogP contribution is 2.23. The van der Waals surface area contributed by atoms with Crippen LogP contribution in [0.15, 0.2) is 61.3 Å². The molecular formula is C22H26N6. The standard InChI is InChI=1S/C22H26N6/c1-17(2)12-27(15-19-10-24-26(3)13-19)14-18-9-23-22-21(11-25-28(22)16-18)20-7-5-4-6-8-20/h4-11,13,16-17H,12,14-15H2,1-3H3. The van der Waals surface area contributed by atoms with Gasteiger partial charge in [0.15, 0.2) is 5.65 Å². The number of hydrogen-bond acceptors (Lipinski definition) is 4. The Kier molecular flexibility index (Phi) is 5.21. The van der Waals surface area contributed by atoms with Crippen LogP contribution in [0.4, 0.5) is 0 Å². The van der Waals surface area contributed by atoms with Crippen LogP contribution in [0.1, 0.15) is 25.0 Å². The molecule has 4 rings (SSSR count). The Morgan fingerprint density at radius 3 is 2.36 bits per heavy atom. The fourth-order valence-corrected chi connectivity index (χ4v) is 3.59. The first-order chi connectivity index (χ1) is 13.6. The van der Waals surface area contributed by atoms with Crippen LogP contribution in [-0.2, 0) is 20.1 Å². The van der Waals surface area contributed by atoms with Crippen LogP contribution < -0.4 is 0 Å². The summed E-state index contributed by atoms with van der Waals surface area (Å²) in [5.41, 5.74) is 5.46. The first-order valence-electron chi connectivity index (χ1n) is 9.66. The summed E-state index contributed by atoms with van der Waals surface area (Å²) in [6.07, 6.45) is 9.97. The minimum Gasteiger partial charge on any atom is -0.294 e. The van der Waals surface area contributed by atoms with E-state index in [1.807, 2.05) is 53.0 Å². The van der Waals surface area contributed by atoms with Gasteiger partial charge in [-0.1, -0.05) is 44.2 Å². The Morgan fingerprint density at radius 1 is 0.929 bits per heavy atom. The molecular weight excluding hydrogens is 348 g/mol. The normalized spacial score (nSPS) is 11.8. The fourth-order valence-electron chi connectivity index (χ4n) is 3.59. The van der Waals surface area contributed by atoms with E-state index < -0.39 is 0 Å². The minimum atomic E-state index is 0.586. The zero-order valence-electron chi connectivity index (χ0n) is 16.7. The fraction of sp³-hybridized carbons (Fsp3) is 0.318. The highest BCUT2D eigenvalue weighted by Gasteiger charge is 2.13. The van der Waals surface area contributed by atoms with Crippen molar-refractivity contribution in [3.05, 3.63) is 72.4 Å². The second-order valence-electron chi connectivity index (χ2n) is 7.74. The Bertz CT molecular complexity index is 1050. The molecule has 0 radical (unpaired) electrons. The third-order valence-corrected chi connectivity index (χ3v) is 4.69. The van der Waals surface area contributed by atoms with Gasteiger partial charge in [0.25, 0.3) is 0 Å². The van der Waals surface area contributed by atoms with E-state index in [4.69, 9.17) is 4.98 Å². The van der Waals surface area contributed by atoms with Crippen molar-refractivity contribution >= 4 is 5.65 Å². The van der Waals surface area contributed by atoms with Crippen LogP contribution in [0, 0.1) is 5.92 Å². The molecule has 6 nitrogen and oxygen atoms in total. The summed E-state index contributed by atoms with van der Waals surface area (Å²) in [6.45, 7) is 7.21. The molecule has 0 aliphatic rings. The van der Waals surface area contributed by atoms with Crippen molar-refractivity contribution in [2.24, 2.45) is 13.0 Å². The molecule has 3 heterocycles. The van der Waals surface area contributed by atoms with Crippen LogP contribution >= 0.6 is 0 Å². The summed E-state index contributed by atoms with van der Waals surface area (Å²) in [6, 6.07) is 10.3. The van der Waals surface area contributed by atoms with Gasteiger partial charge in [-0.2, -0.15) is 10.2 Å². The lowest BCUT2D eigenvalue weighted by atomic mass is 10.1. The topological polar surface area (TPSA) is 51.2 Å². The number of rotatable bonds is 7. The third-order valence-electron chi connectivity index (χ3n) is 4.69. The van der Waals surface area contributed by atoms with Crippen molar-refractivity contribution in [2.75, 3.05) is 6.54 Å². The molecule has 0 saturated carbocycles. The first kappa shape index (κ1) is 18.4. The van der Waals surface area contributed by atoms with E-state index in [-0.39, 0.29) is 0 Å². The minimum absolute atomic E-state index is 0.586. The van der Waals surface area contributed by atoms with Gasteiger partial charge >= 0.3 is 0 Å². The Labute approximate surface area is 165 Å². The van der Waals surface area contributed by atoms with Crippen molar-refractivity contribution < 1.29 is 0 Å². The molecule has 0 spiro atoms. The van der Waals surface area contributed by atoms with Crippen LogP contribution in [-0.4, -0.2) is 35.8 Å². The monoisotopic (exact) mass is 374 g/mol. The van der Waals surface area contributed by atoms with Crippen molar-refractivity contribution in [3.8, 4) is 11.1 Å². The summed E-state index contributed by atoms with van der Waals surface area (Å²) >= 11 is 0. The molecule has 6 heteroatoms. The predicted octanol–water partition coefficient (Wildman–Crippen LogP) is 3.79. The molecule has 0 saturated heterocycles. The number of hydrogen-bond donors (Lipinski definition) is 0. The molecule has 0 N–H and O–H groups in total. The Morgan fingerprint density at radius 2 is 1.68 bits per heavy atom. The van der Waals surface area contributed by atoms with Crippen molar-refractivity contribution in [1.82, 2.24) is 29.3 Å². The second kappa shape index (κ2) is 7.94. The van der Waals surface area contributed by atoms with E-state index >= 15 is 0 Å². The highest BCUT2D eigenvalue weighted by molar-refractivity contribution is 5.76.